The van der Waals surface area contributed by atoms with Gasteiger partial charge in [0.2, 0.25) is 11.8 Å². The number of anilines is 1. The van der Waals surface area contributed by atoms with Crippen LogP contribution in [0.15, 0.2) is 18.3 Å². The molecule has 0 aromatic carbocycles. The molecule has 0 radical (unpaired) electrons. The fraction of sp³-hybridized carbons (Fsp3) is 0.200. The maximum Gasteiger partial charge on any atom is 0.213 e. The largest absolute Gasteiger partial charge is 0.481 e. The van der Waals surface area contributed by atoms with Crippen molar-refractivity contribution in [1.82, 2.24) is 15.2 Å². The highest BCUT2D eigenvalue weighted by atomic mass is 19.1. The Hall–Kier alpha value is -2.31. The van der Waals surface area contributed by atoms with Crippen molar-refractivity contribution >= 4 is 5.82 Å². The highest BCUT2D eigenvalue weighted by molar-refractivity contribution is 5.32. The summed E-state index contributed by atoms with van der Waals surface area (Å²) in [7, 11) is 1.46. The van der Waals surface area contributed by atoms with Crippen molar-refractivity contribution in [1.29, 1.82) is 0 Å². The van der Waals surface area contributed by atoms with Crippen LogP contribution in [0.3, 0.4) is 0 Å². The van der Waals surface area contributed by atoms with Gasteiger partial charge >= 0.3 is 0 Å². The predicted molar refractivity (Wildman–Crippen MR) is 58.1 cm³/mol. The molecule has 0 saturated heterocycles. The first-order valence-electron chi connectivity index (χ1n) is 4.81. The van der Waals surface area contributed by atoms with E-state index in [1.165, 1.54) is 19.2 Å². The van der Waals surface area contributed by atoms with Crippen LogP contribution in [0.1, 0.15) is 5.56 Å². The maximum absolute atomic E-state index is 13.4. The number of halogens is 1. The van der Waals surface area contributed by atoms with Gasteiger partial charge in [0.1, 0.15) is 18.2 Å². The number of nitrogens with two attached hydrogens (primary N) is 1. The molecular weight excluding hydrogens is 227 g/mol. The molecule has 7 heteroatoms. The van der Waals surface area contributed by atoms with Crippen molar-refractivity contribution in [3.05, 3.63) is 29.7 Å². The van der Waals surface area contributed by atoms with Gasteiger partial charge in [-0.15, -0.1) is 0 Å². The number of nitrogens with one attached hydrogen (secondary N) is 1. The van der Waals surface area contributed by atoms with Crippen molar-refractivity contribution < 1.29 is 13.9 Å². The molecule has 0 saturated carbocycles. The molecule has 0 bridgehead atoms. The second kappa shape index (κ2) is 4.69. The molecule has 0 aliphatic carbocycles. The lowest BCUT2D eigenvalue weighted by atomic mass is 10.3. The fourth-order valence-corrected chi connectivity index (χ4v) is 1.23. The molecule has 2 aromatic rings. The molecule has 0 aliphatic heterocycles. The summed E-state index contributed by atoms with van der Waals surface area (Å²) in [6, 6.07) is 2.98. The van der Waals surface area contributed by atoms with E-state index in [1.54, 1.807) is 0 Å². The fourth-order valence-electron chi connectivity index (χ4n) is 1.23. The number of nitrogen functional groups attached to an aromatic ring is 1. The van der Waals surface area contributed by atoms with Gasteiger partial charge < -0.3 is 15.2 Å². The van der Waals surface area contributed by atoms with Crippen LogP contribution in [0.4, 0.5) is 10.2 Å². The molecule has 17 heavy (non-hydrogen) atoms. The number of H-pyrrole nitrogens is 1. The standard InChI is InChI=1S/C10H11FN4O2/c1-16-9-2-6(7(11)4-13-9)5-17-10-3-8(12)14-15-10/h2-4H,5H2,1H3,(H3,12,14,15). The zero-order valence-corrected chi connectivity index (χ0v) is 9.11. The van der Waals surface area contributed by atoms with Crippen LogP contribution in [0.5, 0.6) is 11.8 Å². The Balaban J connectivity index is 2.07. The van der Waals surface area contributed by atoms with Gasteiger partial charge in [0.25, 0.3) is 0 Å². The first-order chi connectivity index (χ1) is 8.19. The van der Waals surface area contributed by atoms with E-state index in [0.717, 1.165) is 6.20 Å². The Morgan fingerprint density at radius 1 is 1.47 bits per heavy atom. The molecule has 0 aliphatic rings. The van der Waals surface area contributed by atoms with E-state index in [4.69, 9.17) is 15.2 Å². The van der Waals surface area contributed by atoms with Gasteiger partial charge in [0, 0.05) is 17.7 Å². The summed E-state index contributed by atoms with van der Waals surface area (Å²) in [4.78, 5) is 3.72. The quantitative estimate of drug-likeness (QED) is 0.833. The zero-order valence-electron chi connectivity index (χ0n) is 9.11. The highest BCUT2D eigenvalue weighted by Crippen LogP contribution is 2.16. The van der Waals surface area contributed by atoms with Gasteiger partial charge in [-0.2, -0.15) is 5.10 Å². The summed E-state index contributed by atoms with van der Waals surface area (Å²) >= 11 is 0. The Morgan fingerprint density at radius 2 is 2.29 bits per heavy atom. The van der Waals surface area contributed by atoms with Gasteiger partial charge in [-0.25, -0.2) is 14.5 Å². The van der Waals surface area contributed by atoms with Gasteiger partial charge in [-0.1, -0.05) is 0 Å². The molecule has 0 fully saturated rings. The monoisotopic (exact) mass is 238 g/mol. The summed E-state index contributed by atoms with van der Waals surface area (Å²) in [6.45, 7) is 0.0341. The molecule has 90 valence electrons. The minimum absolute atomic E-state index is 0.0341. The third kappa shape index (κ3) is 2.63. The lowest BCUT2D eigenvalue weighted by Gasteiger charge is -2.06. The minimum atomic E-state index is -0.460. The number of pyridine rings is 1. The lowest BCUT2D eigenvalue weighted by molar-refractivity contribution is 0.285. The molecule has 2 rings (SSSR count). The number of aromatic nitrogens is 3. The molecular formula is C10H11FN4O2. The number of ether oxygens (including phenoxy) is 2. The second-order valence-electron chi connectivity index (χ2n) is 3.26. The number of aromatic amines is 1. The van der Waals surface area contributed by atoms with Crippen molar-refractivity contribution in [2.75, 3.05) is 12.8 Å². The number of methoxy groups -OCH3 is 1. The molecule has 2 aromatic heterocycles. The lowest BCUT2D eigenvalue weighted by Crippen LogP contribution is -2.01. The van der Waals surface area contributed by atoms with Gasteiger partial charge in [0.05, 0.1) is 13.3 Å². The van der Waals surface area contributed by atoms with Gasteiger partial charge in [0.15, 0.2) is 0 Å². The summed E-state index contributed by atoms with van der Waals surface area (Å²) < 4.78 is 23.5. The molecule has 6 nitrogen and oxygen atoms in total. The minimum Gasteiger partial charge on any atom is -0.481 e. The van der Waals surface area contributed by atoms with Crippen LogP contribution in [0.25, 0.3) is 0 Å². The summed E-state index contributed by atoms with van der Waals surface area (Å²) in [5.41, 5.74) is 5.73. The van der Waals surface area contributed by atoms with E-state index < -0.39 is 5.82 Å². The Morgan fingerprint density at radius 3 is 2.94 bits per heavy atom. The third-order valence-corrected chi connectivity index (χ3v) is 2.08. The first kappa shape index (κ1) is 11.2. The van der Waals surface area contributed by atoms with E-state index in [2.05, 4.69) is 15.2 Å². The van der Waals surface area contributed by atoms with E-state index >= 15 is 0 Å². The van der Waals surface area contributed by atoms with Crippen LogP contribution in [0.2, 0.25) is 0 Å². The van der Waals surface area contributed by atoms with Crippen molar-refractivity contribution in [2.45, 2.75) is 6.61 Å². The smallest absolute Gasteiger partial charge is 0.213 e. The van der Waals surface area contributed by atoms with Crippen molar-refractivity contribution in [3.8, 4) is 11.8 Å². The summed E-state index contributed by atoms with van der Waals surface area (Å²) in [5, 5.41) is 6.24. The van der Waals surface area contributed by atoms with Gasteiger partial charge in [-0.3, -0.25) is 0 Å². The summed E-state index contributed by atoms with van der Waals surface area (Å²) in [5.74, 6) is 0.554. The van der Waals surface area contributed by atoms with Crippen molar-refractivity contribution in [3.63, 3.8) is 0 Å². The molecule has 3 N–H and O–H groups in total. The predicted octanol–water partition coefficient (Wildman–Crippen LogP) is 1.11. The molecule has 0 amide bonds. The zero-order chi connectivity index (χ0) is 12.3. The third-order valence-electron chi connectivity index (χ3n) is 2.08. The van der Waals surface area contributed by atoms with Crippen LogP contribution in [0, 0.1) is 5.82 Å². The SMILES string of the molecule is COc1cc(COc2cc(N)n[nH]2)c(F)cn1. The second-order valence-corrected chi connectivity index (χ2v) is 3.26. The molecule has 0 atom stereocenters. The van der Waals surface area contributed by atoms with Crippen LogP contribution >= 0.6 is 0 Å². The van der Waals surface area contributed by atoms with E-state index in [0.29, 0.717) is 23.1 Å². The topological polar surface area (TPSA) is 86.0 Å². The Kier molecular flexibility index (Phi) is 3.08. The first-order valence-corrected chi connectivity index (χ1v) is 4.81. The number of rotatable bonds is 4. The average Bonchev–Trinajstić information content (AvgIpc) is 2.74. The molecule has 2 heterocycles. The van der Waals surface area contributed by atoms with Crippen LogP contribution in [-0.4, -0.2) is 22.3 Å². The number of hydrogen-bond acceptors (Lipinski definition) is 5. The van der Waals surface area contributed by atoms with E-state index in [9.17, 15) is 4.39 Å². The van der Waals surface area contributed by atoms with Crippen molar-refractivity contribution in [2.24, 2.45) is 0 Å². The molecule has 0 spiro atoms. The highest BCUT2D eigenvalue weighted by Gasteiger charge is 2.07. The summed E-state index contributed by atoms with van der Waals surface area (Å²) in [6.07, 6.45) is 1.08. The van der Waals surface area contributed by atoms with E-state index in [1.807, 2.05) is 0 Å². The van der Waals surface area contributed by atoms with Crippen LogP contribution < -0.4 is 15.2 Å². The maximum atomic E-state index is 13.4. The molecule has 0 unspecified atom stereocenters. The van der Waals surface area contributed by atoms with E-state index in [-0.39, 0.29) is 6.61 Å². The number of nitrogens with zero attached hydrogens (tertiary/aromatic N) is 2. The van der Waals surface area contributed by atoms with Crippen LogP contribution in [-0.2, 0) is 6.61 Å². The normalized spacial score (nSPS) is 10.2. The Bertz CT molecular complexity index is 515. The average molecular weight is 238 g/mol. The number of hydrogen-bond donors (Lipinski definition) is 2. The van der Waals surface area contributed by atoms with Gasteiger partial charge in [-0.05, 0) is 0 Å². The Labute approximate surface area is 96.6 Å².